The molecular weight excluding hydrogens is 238 g/mol. The van der Waals surface area contributed by atoms with E-state index in [9.17, 15) is 8.42 Å². The lowest BCUT2D eigenvalue weighted by Gasteiger charge is -2.27. The van der Waals surface area contributed by atoms with Crippen LogP contribution in [0.5, 0.6) is 0 Å². The molecule has 0 heterocycles. The molecule has 0 amide bonds. The van der Waals surface area contributed by atoms with Gasteiger partial charge >= 0.3 is 0 Å². The van der Waals surface area contributed by atoms with Crippen molar-refractivity contribution in [1.82, 2.24) is 0 Å². The standard InChI is InChI=1S/C11H19N3O2S/c1-4-11(2,3)14-10-7-8(17(13,15)16)5-6-9(10)12/h5-7,14H,4,12H2,1-3H3,(H2,13,15,16). The minimum absolute atomic E-state index is 0.0566. The van der Waals surface area contributed by atoms with Crippen molar-refractivity contribution in [2.45, 2.75) is 37.6 Å². The van der Waals surface area contributed by atoms with Crippen molar-refractivity contribution < 1.29 is 8.42 Å². The van der Waals surface area contributed by atoms with Gasteiger partial charge in [-0.15, -0.1) is 0 Å². The van der Waals surface area contributed by atoms with E-state index in [-0.39, 0.29) is 10.4 Å². The molecule has 0 atom stereocenters. The van der Waals surface area contributed by atoms with Crippen molar-refractivity contribution in [3.63, 3.8) is 0 Å². The highest BCUT2D eigenvalue weighted by Crippen LogP contribution is 2.26. The van der Waals surface area contributed by atoms with Crippen LogP contribution in [0.4, 0.5) is 11.4 Å². The highest BCUT2D eigenvalue weighted by Gasteiger charge is 2.17. The second-order valence-corrected chi connectivity index (χ2v) is 6.22. The Bertz CT molecular complexity index is 509. The number of sulfonamides is 1. The molecular formula is C11H19N3O2S. The van der Waals surface area contributed by atoms with Gasteiger partial charge in [-0.2, -0.15) is 0 Å². The molecule has 0 saturated carbocycles. The maximum atomic E-state index is 11.2. The first-order valence-corrected chi connectivity index (χ1v) is 6.91. The van der Waals surface area contributed by atoms with Crippen LogP contribution in [-0.4, -0.2) is 14.0 Å². The zero-order valence-electron chi connectivity index (χ0n) is 10.3. The van der Waals surface area contributed by atoms with E-state index in [4.69, 9.17) is 10.9 Å². The zero-order chi connectivity index (χ0) is 13.3. The van der Waals surface area contributed by atoms with Crippen LogP contribution >= 0.6 is 0 Å². The lowest BCUT2D eigenvalue weighted by Crippen LogP contribution is -2.30. The number of anilines is 2. The van der Waals surface area contributed by atoms with E-state index in [0.29, 0.717) is 11.4 Å². The summed E-state index contributed by atoms with van der Waals surface area (Å²) < 4.78 is 22.5. The highest BCUT2D eigenvalue weighted by molar-refractivity contribution is 7.89. The van der Waals surface area contributed by atoms with Crippen LogP contribution in [0.25, 0.3) is 0 Å². The Labute approximate surface area is 102 Å². The minimum atomic E-state index is -3.70. The monoisotopic (exact) mass is 257 g/mol. The molecule has 0 saturated heterocycles. The average Bonchev–Trinajstić information content (AvgIpc) is 2.19. The summed E-state index contributed by atoms with van der Waals surface area (Å²) in [7, 11) is -3.70. The molecule has 17 heavy (non-hydrogen) atoms. The van der Waals surface area contributed by atoms with E-state index in [0.717, 1.165) is 6.42 Å². The fourth-order valence-corrected chi connectivity index (χ4v) is 1.81. The highest BCUT2D eigenvalue weighted by atomic mass is 32.2. The Hall–Kier alpha value is -1.27. The maximum Gasteiger partial charge on any atom is 0.238 e. The molecule has 0 aliphatic carbocycles. The normalized spacial score (nSPS) is 12.5. The lowest BCUT2D eigenvalue weighted by atomic mass is 10.0. The Kier molecular flexibility index (Phi) is 3.68. The molecule has 0 aliphatic rings. The van der Waals surface area contributed by atoms with Gasteiger partial charge in [-0.3, -0.25) is 0 Å². The molecule has 0 spiro atoms. The Morgan fingerprint density at radius 2 is 1.94 bits per heavy atom. The number of hydrogen-bond acceptors (Lipinski definition) is 4. The van der Waals surface area contributed by atoms with Gasteiger partial charge < -0.3 is 11.1 Å². The van der Waals surface area contributed by atoms with Crippen molar-refractivity contribution in [3.8, 4) is 0 Å². The number of rotatable bonds is 4. The second kappa shape index (κ2) is 4.54. The molecule has 0 aromatic heterocycles. The number of benzene rings is 1. The fraction of sp³-hybridized carbons (Fsp3) is 0.455. The van der Waals surface area contributed by atoms with Crippen molar-refractivity contribution >= 4 is 21.4 Å². The summed E-state index contributed by atoms with van der Waals surface area (Å²) in [6.07, 6.45) is 0.881. The largest absolute Gasteiger partial charge is 0.397 e. The molecule has 96 valence electrons. The maximum absolute atomic E-state index is 11.2. The van der Waals surface area contributed by atoms with Crippen LogP contribution in [0.3, 0.4) is 0 Å². The fourth-order valence-electron chi connectivity index (χ4n) is 1.27. The quantitative estimate of drug-likeness (QED) is 0.712. The number of primary sulfonamides is 1. The van der Waals surface area contributed by atoms with E-state index < -0.39 is 10.0 Å². The van der Waals surface area contributed by atoms with Gasteiger partial charge in [0.15, 0.2) is 0 Å². The van der Waals surface area contributed by atoms with Crippen molar-refractivity contribution in [1.29, 1.82) is 0 Å². The topological polar surface area (TPSA) is 98.2 Å². The van der Waals surface area contributed by atoms with Crippen LogP contribution in [0.2, 0.25) is 0 Å². The zero-order valence-corrected chi connectivity index (χ0v) is 11.1. The predicted octanol–water partition coefficient (Wildman–Crippen LogP) is 1.52. The third-order valence-corrected chi connectivity index (χ3v) is 3.62. The molecule has 5 nitrogen and oxygen atoms in total. The minimum Gasteiger partial charge on any atom is -0.397 e. The van der Waals surface area contributed by atoms with Gasteiger partial charge in [-0.1, -0.05) is 6.92 Å². The van der Waals surface area contributed by atoms with Crippen LogP contribution in [0.15, 0.2) is 23.1 Å². The van der Waals surface area contributed by atoms with E-state index in [2.05, 4.69) is 5.32 Å². The third-order valence-electron chi connectivity index (χ3n) is 2.71. The molecule has 6 heteroatoms. The second-order valence-electron chi connectivity index (χ2n) is 4.66. The van der Waals surface area contributed by atoms with Crippen molar-refractivity contribution in [3.05, 3.63) is 18.2 Å². The lowest BCUT2D eigenvalue weighted by molar-refractivity contribution is 0.547. The molecule has 1 aromatic rings. The molecule has 5 N–H and O–H groups in total. The van der Waals surface area contributed by atoms with Gasteiger partial charge in [0.1, 0.15) is 0 Å². The van der Waals surface area contributed by atoms with E-state index in [1.165, 1.54) is 18.2 Å². The smallest absolute Gasteiger partial charge is 0.238 e. The summed E-state index contributed by atoms with van der Waals surface area (Å²) in [5, 5.41) is 8.28. The molecule has 0 fully saturated rings. The van der Waals surface area contributed by atoms with Crippen LogP contribution in [0, 0.1) is 0 Å². The van der Waals surface area contributed by atoms with Gasteiger partial charge in [-0.05, 0) is 38.5 Å². The number of nitrogens with two attached hydrogens (primary N) is 2. The number of hydrogen-bond donors (Lipinski definition) is 3. The first-order valence-electron chi connectivity index (χ1n) is 5.36. The summed E-state index contributed by atoms with van der Waals surface area (Å²) in [5.41, 5.74) is 6.72. The van der Waals surface area contributed by atoms with Crippen LogP contribution in [0.1, 0.15) is 27.2 Å². The summed E-state index contributed by atoms with van der Waals surface area (Å²) in [6, 6.07) is 4.39. The van der Waals surface area contributed by atoms with E-state index in [1.54, 1.807) is 0 Å². The molecule has 1 rings (SSSR count). The summed E-state index contributed by atoms with van der Waals surface area (Å²) in [6.45, 7) is 6.05. The predicted molar refractivity (Wildman–Crippen MR) is 70.2 cm³/mol. The first-order chi connectivity index (χ1) is 7.65. The SMILES string of the molecule is CCC(C)(C)Nc1cc(S(N)(=O)=O)ccc1N. The van der Waals surface area contributed by atoms with Crippen molar-refractivity contribution in [2.24, 2.45) is 5.14 Å². The first kappa shape index (κ1) is 13.8. The summed E-state index contributed by atoms with van der Waals surface area (Å²) in [5.74, 6) is 0. The molecule has 0 radical (unpaired) electrons. The number of nitrogens with one attached hydrogen (secondary N) is 1. The van der Waals surface area contributed by atoms with Gasteiger partial charge in [-0.25, -0.2) is 13.6 Å². The number of nitrogen functional groups attached to an aromatic ring is 1. The Morgan fingerprint density at radius 3 is 2.41 bits per heavy atom. The van der Waals surface area contributed by atoms with Gasteiger partial charge in [0.2, 0.25) is 10.0 Å². The van der Waals surface area contributed by atoms with Crippen LogP contribution < -0.4 is 16.2 Å². The Morgan fingerprint density at radius 1 is 1.35 bits per heavy atom. The molecule has 1 aromatic carbocycles. The van der Waals surface area contributed by atoms with Gasteiger partial charge in [0, 0.05) is 5.54 Å². The third kappa shape index (κ3) is 3.61. The van der Waals surface area contributed by atoms with E-state index >= 15 is 0 Å². The van der Waals surface area contributed by atoms with Crippen molar-refractivity contribution in [2.75, 3.05) is 11.1 Å². The average molecular weight is 257 g/mol. The molecule has 0 bridgehead atoms. The van der Waals surface area contributed by atoms with Crippen LogP contribution in [-0.2, 0) is 10.0 Å². The summed E-state index contributed by atoms with van der Waals surface area (Å²) >= 11 is 0. The molecule has 0 aliphatic heterocycles. The van der Waals surface area contributed by atoms with Gasteiger partial charge in [0.05, 0.1) is 16.3 Å². The Balaban J connectivity index is 3.17. The molecule has 0 unspecified atom stereocenters. The summed E-state index contributed by atoms with van der Waals surface area (Å²) in [4.78, 5) is 0.0566. The van der Waals surface area contributed by atoms with Gasteiger partial charge in [0.25, 0.3) is 0 Å². The van der Waals surface area contributed by atoms with E-state index in [1.807, 2.05) is 20.8 Å².